The minimum absolute atomic E-state index is 0. The van der Waals surface area contributed by atoms with Crippen LogP contribution in [-0.2, 0) is 4.74 Å². The number of nitrogens with zero attached hydrogens (tertiary/aromatic N) is 1. The molecule has 0 unspecified atom stereocenters. The lowest BCUT2D eigenvalue weighted by molar-refractivity contribution is -0.969. The smallest absolute Gasteiger partial charge is 0.141 e. The summed E-state index contributed by atoms with van der Waals surface area (Å²) in [7, 11) is 0. The maximum atomic E-state index is 9.90. The second-order valence-corrected chi connectivity index (χ2v) is 4.76. The highest BCUT2D eigenvalue weighted by Gasteiger charge is 2.52. The third-order valence-corrected chi connectivity index (χ3v) is 3.94. The molecular formula is C10H20BrNO5. The van der Waals surface area contributed by atoms with E-state index in [2.05, 4.69) is 0 Å². The van der Waals surface area contributed by atoms with Gasteiger partial charge in [-0.3, -0.25) is 0 Å². The quantitative estimate of drug-likeness (QED) is 0.362. The number of morpholine rings is 1. The van der Waals surface area contributed by atoms with Gasteiger partial charge in [0, 0.05) is 0 Å². The number of rotatable bonds is 1. The summed E-state index contributed by atoms with van der Waals surface area (Å²) in [5.74, 6) is 0. The Morgan fingerprint density at radius 3 is 2.18 bits per heavy atom. The van der Waals surface area contributed by atoms with Gasteiger partial charge >= 0.3 is 0 Å². The van der Waals surface area contributed by atoms with Gasteiger partial charge in [-0.25, -0.2) is 0 Å². The Labute approximate surface area is 111 Å². The van der Waals surface area contributed by atoms with Gasteiger partial charge in [-0.2, -0.15) is 0 Å². The molecule has 6 nitrogen and oxygen atoms in total. The van der Waals surface area contributed by atoms with Crippen LogP contribution in [0.25, 0.3) is 0 Å². The van der Waals surface area contributed by atoms with Crippen LogP contribution in [0, 0.1) is 0 Å². The number of aliphatic hydroxyl groups excluding tert-OH is 4. The summed E-state index contributed by atoms with van der Waals surface area (Å²) in [5.41, 5.74) is 0. The zero-order valence-corrected chi connectivity index (χ0v) is 11.2. The van der Waals surface area contributed by atoms with Crippen molar-refractivity contribution < 1.29 is 46.6 Å². The minimum atomic E-state index is -1.16. The first-order valence-electron chi connectivity index (χ1n) is 5.69. The molecule has 0 aromatic carbocycles. The highest BCUT2D eigenvalue weighted by molar-refractivity contribution is 4.88. The molecule has 0 saturated carbocycles. The maximum Gasteiger partial charge on any atom is 0.141 e. The molecule has 7 heteroatoms. The van der Waals surface area contributed by atoms with Gasteiger partial charge in [0.1, 0.15) is 44.0 Å². The monoisotopic (exact) mass is 313 g/mol. The molecule has 2 saturated heterocycles. The summed E-state index contributed by atoms with van der Waals surface area (Å²) >= 11 is 0. The van der Waals surface area contributed by atoms with Crippen molar-refractivity contribution in [2.24, 2.45) is 0 Å². The first-order valence-corrected chi connectivity index (χ1v) is 5.69. The van der Waals surface area contributed by atoms with Crippen LogP contribution in [0.15, 0.2) is 0 Å². The van der Waals surface area contributed by atoms with E-state index in [0.717, 1.165) is 0 Å². The van der Waals surface area contributed by atoms with Gasteiger partial charge in [0.15, 0.2) is 0 Å². The average molecular weight is 314 g/mol. The topological polar surface area (TPSA) is 90.2 Å². The Hall–Kier alpha value is 0.240. The standard InChI is InChI=1S/C10H20NO5.BrH/c12-6-7-9(14)10(15)8(13)5-11(7)1-3-16-4-2-11;/h7-10,12-15H,1-6H2;1H/q+1;/p-1/t7-,8+,9+,10-;/m1./s1. The molecule has 0 bridgehead atoms. The van der Waals surface area contributed by atoms with Gasteiger partial charge in [0.2, 0.25) is 0 Å². The van der Waals surface area contributed by atoms with Crippen LogP contribution < -0.4 is 17.0 Å². The van der Waals surface area contributed by atoms with Crippen LogP contribution in [0.4, 0.5) is 0 Å². The number of aliphatic hydroxyl groups is 4. The van der Waals surface area contributed by atoms with Crippen molar-refractivity contribution in [3.05, 3.63) is 0 Å². The zero-order chi connectivity index (χ0) is 11.8. The van der Waals surface area contributed by atoms with Crippen molar-refractivity contribution in [1.82, 2.24) is 0 Å². The van der Waals surface area contributed by atoms with E-state index in [9.17, 15) is 20.4 Å². The van der Waals surface area contributed by atoms with Crippen molar-refractivity contribution in [3.8, 4) is 0 Å². The van der Waals surface area contributed by atoms with Crippen LogP contribution >= 0.6 is 0 Å². The lowest BCUT2D eigenvalue weighted by Gasteiger charge is -2.53. The molecule has 2 aliphatic rings. The van der Waals surface area contributed by atoms with E-state index < -0.39 is 24.4 Å². The molecule has 1 spiro atoms. The summed E-state index contributed by atoms with van der Waals surface area (Å²) < 4.78 is 5.70. The highest BCUT2D eigenvalue weighted by atomic mass is 79.9. The number of piperidine rings is 1. The molecule has 0 aromatic rings. The normalized spacial score (nSPS) is 40.9. The first kappa shape index (κ1) is 15.3. The Balaban J connectivity index is 0.00000144. The Bertz CT molecular complexity index is 249. The third-order valence-electron chi connectivity index (χ3n) is 3.94. The minimum Gasteiger partial charge on any atom is -1.00 e. The summed E-state index contributed by atoms with van der Waals surface area (Å²) in [5, 5.41) is 38.6. The van der Waals surface area contributed by atoms with Crippen molar-refractivity contribution in [3.63, 3.8) is 0 Å². The Kier molecular flexibility index (Phi) is 5.33. The molecule has 4 N–H and O–H groups in total. The summed E-state index contributed by atoms with van der Waals surface area (Å²) in [6.45, 7) is 2.62. The first-order chi connectivity index (χ1) is 7.60. The van der Waals surface area contributed by atoms with Crippen LogP contribution in [0.5, 0.6) is 0 Å². The molecule has 2 fully saturated rings. The molecule has 0 radical (unpaired) electrons. The molecule has 102 valence electrons. The van der Waals surface area contributed by atoms with Crippen LogP contribution in [-0.4, -0.2) is 88.7 Å². The van der Waals surface area contributed by atoms with Crippen LogP contribution in [0.2, 0.25) is 0 Å². The largest absolute Gasteiger partial charge is 1.00 e. The van der Waals surface area contributed by atoms with E-state index in [-0.39, 0.29) is 23.6 Å². The van der Waals surface area contributed by atoms with Gasteiger partial charge in [0.25, 0.3) is 0 Å². The number of hydrogen-bond acceptors (Lipinski definition) is 5. The number of ether oxygens (including phenoxy) is 1. The lowest BCUT2D eigenvalue weighted by atomic mass is 9.90. The molecule has 2 aliphatic heterocycles. The van der Waals surface area contributed by atoms with E-state index in [4.69, 9.17) is 4.74 Å². The molecule has 2 rings (SSSR count). The van der Waals surface area contributed by atoms with E-state index in [1.54, 1.807) is 0 Å². The fourth-order valence-corrected chi connectivity index (χ4v) is 2.90. The van der Waals surface area contributed by atoms with Gasteiger partial charge in [-0.05, 0) is 0 Å². The predicted molar refractivity (Wildman–Crippen MR) is 54.6 cm³/mol. The lowest BCUT2D eigenvalue weighted by Crippen LogP contribution is -3.00. The molecule has 0 aliphatic carbocycles. The second kappa shape index (κ2) is 5.92. The van der Waals surface area contributed by atoms with Gasteiger partial charge in [-0.1, -0.05) is 0 Å². The van der Waals surface area contributed by atoms with E-state index in [1.807, 2.05) is 0 Å². The molecular weight excluding hydrogens is 294 g/mol. The average Bonchev–Trinajstić information content (AvgIpc) is 2.28. The van der Waals surface area contributed by atoms with Gasteiger partial charge in [0.05, 0.1) is 19.8 Å². The third kappa shape index (κ3) is 2.65. The predicted octanol–water partition coefficient (Wildman–Crippen LogP) is -5.71. The van der Waals surface area contributed by atoms with Gasteiger partial charge < -0.3 is 46.6 Å². The summed E-state index contributed by atoms with van der Waals surface area (Å²) in [4.78, 5) is 0. The zero-order valence-electron chi connectivity index (χ0n) is 9.57. The molecule has 4 atom stereocenters. The van der Waals surface area contributed by atoms with Crippen molar-refractivity contribution in [2.45, 2.75) is 24.4 Å². The molecule has 2 heterocycles. The Morgan fingerprint density at radius 1 is 1.06 bits per heavy atom. The maximum absolute atomic E-state index is 9.90. The SMILES string of the molecule is OC[C@@H]1[C@H](O)[C@H](O)[C@@H](O)C[N+]12CCOCC2.[Br-]. The second-order valence-electron chi connectivity index (χ2n) is 4.76. The van der Waals surface area contributed by atoms with E-state index >= 15 is 0 Å². The summed E-state index contributed by atoms with van der Waals surface area (Å²) in [6, 6.07) is -0.428. The van der Waals surface area contributed by atoms with Gasteiger partial charge in [-0.15, -0.1) is 0 Å². The molecule has 0 aromatic heterocycles. The Morgan fingerprint density at radius 2 is 1.65 bits per heavy atom. The fraction of sp³-hybridized carbons (Fsp3) is 1.00. The fourth-order valence-electron chi connectivity index (χ4n) is 2.90. The van der Waals surface area contributed by atoms with Crippen molar-refractivity contribution in [1.29, 1.82) is 0 Å². The van der Waals surface area contributed by atoms with E-state index in [1.165, 1.54) is 0 Å². The van der Waals surface area contributed by atoms with Crippen molar-refractivity contribution in [2.75, 3.05) is 39.5 Å². The van der Waals surface area contributed by atoms with E-state index in [0.29, 0.717) is 37.3 Å². The highest BCUT2D eigenvalue weighted by Crippen LogP contribution is 2.28. The number of halogens is 1. The van der Waals surface area contributed by atoms with Crippen LogP contribution in [0.3, 0.4) is 0 Å². The van der Waals surface area contributed by atoms with Crippen LogP contribution in [0.1, 0.15) is 0 Å². The molecule has 0 amide bonds. The molecule has 17 heavy (non-hydrogen) atoms. The van der Waals surface area contributed by atoms with Crippen molar-refractivity contribution >= 4 is 0 Å². The number of hydrogen-bond donors (Lipinski definition) is 4. The summed E-state index contributed by atoms with van der Waals surface area (Å²) in [6.07, 6.45) is -3.17. The number of quaternary nitrogens is 1.